The molecule has 0 amide bonds. The lowest BCUT2D eigenvalue weighted by atomic mass is 9.93. The topological polar surface area (TPSA) is 50.1 Å². The van der Waals surface area contributed by atoms with Crippen molar-refractivity contribution < 1.29 is 9.53 Å². The summed E-state index contributed by atoms with van der Waals surface area (Å²) in [6, 6.07) is 21.2. The van der Waals surface area contributed by atoms with Gasteiger partial charge >= 0.3 is 5.97 Å². The van der Waals surface area contributed by atoms with Gasteiger partial charge in [-0.15, -0.1) is 0 Å². The van der Waals surface area contributed by atoms with Gasteiger partial charge in [0.25, 0.3) is 0 Å². The molecule has 0 aliphatic rings. The van der Waals surface area contributed by atoms with Crippen LogP contribution in [0, 0.1) is 17.2 Å². The molecule has 3 heteroatoms. The smallest absolute Gasteiger partial charge is 0.349 e. The number of ether oxygens (including phenoxy) is 1. The zero-order chi connectivity index (χ0) is 21.1. The second-order valence-corrected chi connectivity index (χ2v) is 7.71. The number of esters is 1. The third-order valence-electron chi connectivity index (χ3n) is 4.98. The first-order valence-electron chi connectivity index (χ1n) is 10.5. The molecule has 0 spiro atoms. The Morgan fingerprint density at radius 3 is 1.90 bits per heavy atom. The van der Waals surface area contributed by atoms with E-state index in [9.17, 15) is 10.1 Å². The van der Waals surface area contributed by atoms with Gasteiger partial charge in [-0.25, -0.2) is 4.79 Å². The van der Waals surface area contributed by atoms with Gasteiger partial charge in [-0.2, -0.15) is 5.26 Å². The summed E-state index contributed by atoms with van der Waals surface area (Å²) >= 11 is 0. The highest BCUT2D eigenvalue weighted by molar-refractivity contribution is 6.05. The first-order valence-corrected chi connectivity index (χ1v) is 10.5. The highest BCUT2D eigenvalue weighted by Crippen LogP contribution is 2.28. The van der Waals surface area contributed by atoms with Crippen molar-refractivity contribution >= 4 is 11.5 Å². The molecule has 0 bridgehead atoms. The summed E-state index contributed by atoms with van der Waals surface area (Å²) < 4.78 is 5.76. The Balaban J connectivity index is 2.27. The molecule has 2 rings (SSSR count). The van der Waals surface area contributed by atoms with Crippen molar-refractivity contribution in [3.63, 3.8) is 0 Å². The summed E-state index contributed by atoms with van der Waals surface area (Å²) in [6.07, 6.45) is 4.76. The van der Waals surface area contributed by atoms with Crippen LogP contribution in [0.15, 0.2) is 66.2 Å². The molecule has 0 fully saturated rings. The van der Waals surface area contributed by atoms with E-state index in [4.69, 9.17) is 4.74 Å². The van der Waals surface area contributed by atoms with E-state index in [-0.39, 0.29) is 11.7 Å². The number of nitriles is 1. The largest absolute Gasteiger partial charge is 0.458 e. The van der Waals surface area contributed by atoms with E-state index < -0.39 is 5.97 Å². The molecule has 0 aliphatic carbocycles. The first-order chi connectivity index (χ1) is 14.1. The summed E-state index contributed by atoms with van der Waals surface area (Å²) in [4.78, 5) is 13.0. The average molecular weight is 390 g/mol. The van der Waals surface area contributed by atoms with Crippen molar-refractivity contribution in [3.8, 4) is 6.07 Å². The summed E-state index contributed by atoms with van der Waals surface area (Å²) in [7, 11) is 0. The maximum absolute atomic E-state index is 13.0. The summed E-state index contributed by atoms with van der Waals surface area (Å²) in [5.74, 6) is 0.149. The van der Waals surface area contributed by atoms with Crippen LogP contribution in [0.25, 0.3) is 5.57 Å². The van der Waals surface area contributed by atoms with Crippen molar-refractivity contribution in [2.24, 2.45) is 5.92 Å². The Hall–Kier alpha value is -2.86. The molecule has 2 aromatic rings. The molecule has 152 valence electrons. The lowest BCUT2D eigenvalue weighted by molar-refractivity contribution is -0.144. The van der Waals surface area contributed by atoms with Crippen LogP contribution >= 0.6 is 0 Å². The number of unbranched alkanes of at least 4 members (excludes halogenated alkanes) is 1. The van der Waals surface area contributed by atoms with E-state index in [1.807, 2.05) is 67.6 Å². The Morgan fingerprint density at radius 1 is 0.931 bits per heavy atom. The van der Waals surface area contributed by atoms with Crippen molar-refractivity contribution in [3.05, 3.63) is 77.4 Å². The number of rotatable bonds is 10. The molecule has 0 saturated heterocycles. The fraction of sp³-hybridized carbons (Fsp3) is 0.385. The van der Waals surface area contributed by atoms with Gasteiger partial charge < -0.3 is 4.74 Å². The maximum atomic E-state index is 13.0. The van der Waals surface area contributed by atoms with Gasteiger partial charge in [-0.05, 0) is 36.3 Å². The van der Waals surface area contributed by atoms with E-state index >= 15 is 0 Å². The van der Waals surface area contributed by atoms with Crippen LogP contribution < -0.4 is 0 Å². The molecular formula is C26H31NO2. The van der Waals surface area contributed by atoms with Gasteiger partial charge in [0.2, 0.25) is 0 Å². The third kappa shape index (κ3) is 6.91. The normalized spacial score (nSPS) is 11.6. The second-order valence-electron chi connectivity index (χ2n) is 7.71. The Kier molecular flexibility index (Phi) is 9.18. The maximum Gasteiger partial charge on any atom is 0.349 e. The SMILES string of the molecule is CCC(CCCCC(C)C)OC(=O)C(C#N)=C(c1ccccc1)c1ccccc1. The van der Waals surface area contributed by atoms with Gasteiger partial charge in [-0.1, -0.05) is 94.3 Å². The minimum absolute atomic E-state index is 0.0584. The van der Waals surface area contributed by atoms with Gasteiger partial charge in [0.1, 0.15) is 17.7 Å². The number of hydrogen-bond donors (Lipinski definition) is 0. The highest BCUT2D eigenvalue weighted by Gasteiger charge is 2.22. The lowest BCUT2D eigenvalue weighted by Gasteiger charge is -2.18. The van der Waals surface area contributed by atoms with Gasteiger partial charge in [0.15, 0.2) is 0 Å². The molecule has 1 unspecified atom stereocenters. The van der Waals surface area contributed by atoms with Crippen LogP contribution in [0.1, 0.15) is 64.0 Å². The van der Waals surface area contributed by atoms with Crippen molar-refractivity contribution in [2.75, 3.05) is 0 Å². The van der Waals surface area contributed by atoms with Crippen molar-refractivity contribution in [2.45, 2.75) is 59.0 Å². The molecule has 0 saturated carbocycles. The van der Waals surface area contributed by atoms with E-state index in [0.717, 1.165) is 36.8 Å². The molecule has 29 heavy (non-hydrogen) atoms. The number of carbonyl (C=O) groups excluding carboxylic acids is 1. The molecule has 0 radical (unpaired) electrons. The van der Waals surface area contributed by atoms with Crippen LogP contribution in [0.3, 0.4) is 0 Å². The van der Waals surface area contributed by atoms with Gasteiger partial charge in [-0.3, -0.25) is 0 Å². The van der Waals surface area contributed by atoms with E-state index in [1.165, 1.54) is 6.42 Å². The first kappa shape index (κ1) is 22.4. The fourth-order valence-corrected chi connectivity index (χ4v) is 3.35. The third-order valence-corrected chi connectivity index (χ3v) is 4.98. The fourth-order valence-electron chi connectivity index (χ4n) is 3.35. The minimum Gasteiger partial charge on any atom is -0.458 e. The molecule has 0 heterocycles. The molecule has 1 atom stereocenters. The summed E-state index contributed by atoms with van der Waals surface area (Å²) in [6.45, 7) is 6.46. The Morgan fingerprint density at radius 2 is 1.45 bits per heavy atom. The predicted octanol–water partition coefficient (Wildman–Crippen LogP) is 6.55. The number of hydrogen-bond acceptors (Lipinski definition) is 3. The molecular weight excluding hydrogens is 358 g/mol. The predicted molar refractivity (Wildman–Crippen MR) is 118 cm³/mol. The standard InChI is InChI=1S/C26H31NO2/c1-4-23(18-12-11-13-20(2)3)29-26(28)24(19-27)25(21-14-7-5-8-15-21)22-16-9-6-10-17-22/h5-10,14-17,20,23H,4,11-13,18H2,1-3H3. The van der Waals surface area contributed by atoms with Crippen LogP contribution in [0.5, 0.6) is 0 Å². The van der Waals surface area contributed by atoms with Crippen LogP contribution in [0.4, 0.5) is 0 Å². The highest BCUT2D eigenvalue weighted by atomic mass is 16.5. The molecule has 0 N–H and O–H groups in total. The molecule has 3 nitrogen and oxygen atoms in total. The molecule has 0 aliphatic heterocycles. The van der Waals surface area contributed by atoms with E-state index in [0.29, 0.717) is 11.5 Å². The van der Waals surface area contributed by atoms with E-state index in [2.05, 4.69) is 19.9 Å². The Labute approximate surface area is 175 Å². The summed E-state index contributed by atoms with van der Waals surface area (Å²) in [5, 5.41) is 9.84. The zero-order valence-corrected chi connectivity index (χ0v) is 17.7. The van der Waals surface area contributed by atoms with Gasteiger partial charge in [0, 0.05) is 5.57 Å². The lowest BCUT2D eigenvalue weighted by Crippen LogP contribution is -2.19. The summed E-state index contributed by atoms with van der Waals surface area (Å²) in [5.41, 5.74) is 2.34. The quantitative estimate of drug-likeness (QED) is 0.200. The van der Waals surface area contributed by atoms with Crippen LogP contribution in [-0.4, -0.2) is 12.1 Å². The van der Waals surface area contributed by atoms with Crippen molar-refractivity contribution in [1.29, 1.82) is 5.26 Å². The molecule has 2 aromatic carbocycles. The number of benzene rings is 2. The second kappa shape index (κ2) is 11.9. The minimum atomic E-state index is -0.536. The van der Waals surface area contributed by atoms with E-state index in [1.54, 1.807) is 0 Å². The van der Waals surface area contributed by atoms with Crippen LogP contribution in [0.2, 0.25) is 0 Å². The van der Waals surface area contributed by atoms with Crippen molar-refractivity contribution in [1.82, 2.24) is 0 Å². The Bertz CT molecular complexity index is 791. The zero-order valence-electron chi connectivity index (χ0n) is 17.7. The molecule has 0 aromatic heterocycles. The van der Waals surface area contributed by atoms with Crippen LogP contribution in [-0.2, 0) is 9.53 Å². The number of carbonyl (C=O) groups is 1. The van der Waals surface area contributed by atoms with Gasteiger partial charge in [0.05, 0.1) is 0 Å². The number of nitrogens with zero attached hydrogens (tertiary/aromatic N) is 1. The monoisotopic (exact) mass is 389 g/mol. The average Bonchev–Trinajstić information content (AvgIpc) is 2.74.